The van der Waals surface area contributed by atoms with Gasteiger partial charge >= 0.3 is 5.97 Å². The summed E-state index contributed by atoms with van der Waals surface area (Å²) in [6.07, 6.45) is 9.17. The van der Waals surface area contributed by atoms with Crippen LogP contribution < -0.4 is 26.6 Å². The van der Waals surface area contributed by atoms with E-state index in [4.69, 9.17) is 9.47 Å². The number of hydrogen-bond donors (Lipinski definition) is 8. The lowest BCUT2D eigenvalue weighted by Crippen LogP contribution is -2.63. The molecule has 73 heavy (non-hydrogen) atoms. The number of Topliss-reactive ketones (excluding diaryl/α,β-unsaturated/α-hetero) is 1. The average Bonchev–Trinajstić information content (AvgIpc) is 3.85. The van der Waals surface area contributed by atoms with E-state index in [1.54, 1.807) is 36.5 Å². The molecule has 8 N–H and O–H groups in total. The predicted molar refractivity (Wildman–Crippen MR) is 274 cm³/mol. The molecule has 14 atom stereocenters. The maximum Gasteiger partial charge on any atom is 0.305 e. The summed E-state index contributed by atoms with van der Waals surface area (Å²) >= 11 is 1.30. The highest BCUT2D eigenvalue weighted by Gasteiger charge is 2.76. The van der Waals surface area contributed by atoms with Gasteiger partial charge in [0.1, 0.15) is 24.5 Å². The van der Waals surface area contributed by atoms with Crippen LogP contribution in [0, 0.1) is 28.6 Å². The number of hydrogen-bond acceptors (Lipinski definition) is 14. The number of aromatic nitrogens is 1. The molecular weight excluding hydrogens is 957 g/mol. The quantitative estimate of drug-likeness (QED) is 0.0727. The molecule has 4 amide bonds. The summed E-state index contributed by atoms with van der Waals surface area (Å²) in [6.45, 7) is 12.3. The maximum absolute atomic E-state index is 14.0. The van der Waals surface area contributed by atoms with Gasteiger partial charge in [-0.05, 0) is 107 Å². The summed E-state index contributed by atoms with van der Waals surface area (Å²) < 4.78 is 13.3. The molecular formula is C54H72N6O12S. The van der Waals surface area contributed by atoms with Crippen LogP contribution in [-0.4, -0.2) is 115 Å². The molecule has 4 fully saturated rings. The molecule has 5 aliphatic rings. The van der Waals surface area contributed by atoms with Gasteiger partial charge in [-0.3, -0.25) is 33.6 Å². The molecule has 7 rings (SSSR count). The number of carbonyl (C=O) groups is 7. The van der Waals surface area contributed by atoms with Gasteiger partial charge < -0.3 is 51.4 Å². The highest BCUT2D eigenvalue weighted by molar-refractivity contribution is 8.01. The number of carboxylic acids is 1. The molecule has 396 valence electrons. The lowest BCUT2D eigenvalue weighted by atomic mass is 9.46. The van der Waals surface area contributed by atoms with E-state index in [0.29, 0.717) is 23.5 Å². The number of nitrogens with zero attached hydrogens (tertiary/aromatic N) is 1. The predicted octanol–water partition coefficient (Wildman–Crippen LogP) is 5.47. The van der Waals surface area contributed by atoms with Gasteiger partial charge in [0, 0.05) is 58.5 Å². The SMILES string of the molecule is CCCCC(C)SC(CC(=O)O)C(=O)NCCC(=O)N[C@@H](C)C(=O)N[C@@H](C)C(=O)Nc1ccc([C@H](C)Nc2ccc([C@@H]3O[C@@H]4CC5[C@@H]6CCC7=CC(=O)C=C[C@]7(C)C6[C@@H](O)C[C@]5(C)[C@]4(C(=O)CO)O3)cn2)cc1. The molecule has 4 aliphatic carbocycles. The third-order valence-electron chi connectivity index (χ3n) is 16.1. The lowest BCUT2D eigenvalue weighted by molar-refractivity contribution is -0.201. The smallest absolute Gasteiger partial charge is 0.305 e. The second-order valence-electron chi connectivity index (χ2n) is 21.0. The van der Waals surface area contributed by atoms with Gasteiger partial charge in [0.25, 0.3) is 0 Å². The maximum atomic E-state index is 14.0. The van der Waals surface area contributed by atoms with E-state index in [0.717, 1.165) is 43.2 Å². The number of aliphatic carboxylic acids is 1. The van der Waals surface area contributed by atoms with Gasteiger partial charge in [-0.15, -0.1) is 11.8 Å². The number of ether oxygens (including phenoxy) is 2. The Bertz CT molecular complexity index is 2470. The topological polar surface area (TPSA) is 272 Å². The molecule has 0 radical (unpaired) electrons. The summed E-state index contributed by atoms with van der Waals surface area (Å²) in [5.41, 5.74) is 0.234. The van der Waals surface area contributed by atoms with E-state index in [-0.39, 0.29) is 60.6 Å². The Balaban J connectivity index is 0.870. The Morgan fingerprint density at radius 1 is 0.959 bits per heavy atom. The third kappa shape index (κ3) is 11.6. The van der Waals surface area contributed by atoms with Crippen molar-refractivity contribution >= 4 is 64.4 Å². The standard InChI is InChI=1S/C54H72N6O12S/c1-8-9-10-29(2)73-41(25-46(66)67)50(70)55-22-20-45(65)58-31(4)48(68)59-32(5)49(69)60-36-15-11-33(12-16-36)30(3)57-44-18-13-34(27-56-44)51-71-43-24-39-38-17-14-35-23-37(62)19-21-52(35,6)47(38)40(63)26-53(39,7)54(43,72-51)42(64)28-61/h11-13,15-16,18-19,21,23,27,29-32,38-41,43,47,51,61,63H,8-10,14,17,20,22,24-26,28H2,1-7H3,(H,55,70)(H,56,57)(H,58,65)(H,59,68)(H,60,69)(H,66,67)/t29?,30-,31-,32-,38-,39?,40-,41?,43+,47?,51+,52-,53-,54+/m0/s1. The third-order valence-corrected chi connectivity index (χ3v) is 17.5. The van der Waals surface area contributed by atoms with Crippen molar-refractivity contribution in [1.29, 1.82) is 0 Å². The summed E-state index contributed by atoms with van der Waals surface area (Å²) in [5, 5.41) is 44.9. The minimum atomic E-state index is -1.48. The molecule has 2 heterocycles. The molecule has 2 aromatic rings. The number of anilines is 2. The molecule has 1 aromatic heterocycles. The van der Waals surface area contributed by atoms with Gasteiger partial charge in [-0.2, -0.15) is 0 Å². The van der Waals surface area contributed by atoms with Crippen molar-refractivity contribution in [2.45, 2.75) is 159 Å². The van der Waals surface area contributed by atoms with Crippen LogP contribution in [0.2, 0.25) is 0 Å². The molecule has 1 aliphatic heterocycles. The second kappa shape index (κ2) is 23.0. The Morgan fingerprint density at radius 2 is 1.68 bits per heavy atom. The summed E-state index contributed by atoms with van der Waals surface area (Å²) in [6, 6.07) is 8.60. The van der Waals surface area contributed by atoms with Gasteiger partial charge in [0.15, 0.2) is 23.5 Å². The molecule has 1 aromatic carbocycles. The molecule has 19 heteroatoms. The first kappa shape index (κ1) is 55.3. The summed E-state index contributed by atoms with van der Waals surface area (Å²) in [5.74, 6) is -3.18. The fourth-order valence-corrected chi connectivity index (χ4v) is 13.6. The Labute approximate surface area is 431 Å². The summed E-state index contributed by atoms with van der Waals surface area (Å²) in [7, 11) is 0. The first-order chi connectivity index (χ1) is 34.6. The Hall–Kier alpha value is -5.47. The zero-order chi connectivity index (χ0) is 53.0. The Morgan fingerprint density at radius 3 is 2.36 bits per heavy atom. The first-order valence-electron chi connectivity index (χ1n) is 25.6. The number of pyridine rings is 1. The molecule has 1 saturated heterocycles. The number of aliphatic hydroxyl groups is 2. The number of benzene rings is 1. The first-order valence-corrected chi connectivity index (χ1v) is 26.6. The highest BCUT2D eigenvalue weighted by atomic mass is 32.2. The van der Waals surface area contributed by atoms with Crippen LogP contribution in [0.15, 0.2) is 66.4 Å². The van der Waals surface area contributed by atoms with E-state index in [2.05, 4.69) is 45.4 Å². The molecule has 0 spiro atoms. The number of carbonyl (C=O) groups excluding carboxylic acids is 6. The van der Waals surface area contributed by atoms with Crippen molar-refractivity contribution in [2.75, 3.05) is 23.8 Å². The van der Waals surface area contributed by atoms with Crippen molar-refractivity contribution in [3.05, 3.63) is 77.5 Å². The van der Waals surface area contributed by atoms with Gasteiger partial charge in [0.2, 0.25) is 23.6 Å². The number of ketones is 2. The number of thioether (sulfide) groups is 1. The van der Waals surface area contributed by atoms with Crippen molar-refractivity contribution in [3.63, 3.8) is 0 Å². The van der Waals surface area contributed by atoms with E-state index < -0.39 is 94.3 Å². The zero-order valence-electron chi connectivity index (χ0n) is 42.8. The minimum Gasteiger partial charge on any atom is -0.481 e. The second-order valence-corrected chi connectivity index (χ2v) is 22.7. The lowest BCUT2D eigenvalue weighted by Gasteiger charge is -2.59. The van der Waals surface area contributed by atoms with E-state index in [1.165, 1.54) is 25.6 Å². The normalized spacial score (nSPS) is 29.9. The van der Waals surface area contributed by atoms with E-state index >= 15 is 0 Å². The van der Waals surface area contributed by atoms with Crippen molar-refractivity contribution in [1.82, 2.24) is 20.9 Å². The van der Waals surface area contributed by atoms with E-state index in [1.807, 2.05) is 45.0 Å². The van der Waals surface area contributed by atoms with Crippen LogP contribution in [-0.2, 0) is 43.0 Å². The van der Waals surface area contributed by atoms with Gasteiger partial charge in [-0.1, -0.05) is 64.3 Å². The number of fused-ring (bicyclic) bond motifs is 7. The van der Waals surface area contributed by atoms with Crippen LogP contribution in [0.4, 0.5) is 11.5 Å². The highest BCUT2D eigenvalue weighted by Crippen LogP contribution is 2.70. The molecule has 4 unspecified atom stereocenters. The van der Waals surface area contributed by atoms with E-state index in [9.17, 15) is 48.9 Å². The van der Waals surface area contributed by atoms with Crippen LogP contribution in [0.3, 0.4) is 0 Å². The zero-order valence-corrected chi connectivity index (χ0v) is 43.6. The number of unbranched alkanes of at least 4 members (excludes halogenated alkanes) is 1. The number of aliphatic hydroxyl groups excluding tert-OH is 2. The fourth-order valence-electron chi connectivity index (χ4n) is 12.3. The monoisotopic (exact) mass is 1030 g/mol. The van der Waals surface area contributed by atoms with Crippen LogP contribution >= 0.6 is 11.8 Å². The number of rotatable bonds is 22. The number of carboxylic acid groups (broad SMARTS) is 1. The summed E-state index contributed by atoms with van der Waals surface area (Å²) in [4.78, 5) is 93.6. The Kier molecular flexibility index (Phi) is 17.4. The van der Waals surface area contributed by atoms with Crippen LogP contribution in [0.1, 0.15) is 130 Å². The number of allylic oxidation sites excluding steroid dienone is 4. The van der Waals surface area contributed by atoms with Gasteiger partial charge in [-0.25, -0.2) is 4.98 Å². The molecule has 3 saturated carbocycles. The van der Waals surface area contributed by atoms with Crippen molar-refractivity contribution in [3.8, 4) is 0 Å². The average molecular weight is 1030 g/mol. The van der Waals surface area contributed by atoms with Gasteiger partial charge in [0.05, 0.1) is 23.9 Å². The van der Waals surface area contributed by atoms with Crippen LogP contribution in [0.25, 0.3) is 0 Å². The van der Waals surface area contributed by atoms with Crippen molar-refractivity contribution in [2.24, 2.45) is 28.6 Å². The van der Waals surface area contributed by atoms with Crippen LogP contribution in [0.5, 0.6) is 0 Å². The molecule has 18 nitrogen and oxygen atoms in total. The van der Waals surface area contributed by atoms with Crippen molar-refractivity contribution < 1.29 is 58.4 Å². The minimum absolute atomic E-state index is 0.0266. The number of nitrogens with one attached hydrogen (secondary N) is 5. The largest absolute Gasteiger partial charge is 0.481 e. The fraction of sp³-hybridized carbons (Fsp3) is 0.593. The molecule has 0 bridgehead atoms. The number of amides is 4.